The molecule has 1 aromatic rings. The molecular weight excluding hydrogens is 284 g/mol. The first-order valence-corrected chi connectivity index (χ1v) is 7.88. The number of thiocarbonyl (C=S) groups is 1. The van der Waals surface area contributed by atoms with E-state index in [-0.39, 0.29) is 11.9 Å². The van der Waals surface area contributed by atoms with Gasteiger partial charge in [0.15, 0.2) is 5.11 Å². The van der Waals surface area contributed by atoms with E-state index in [1.54, 1.807) is 4.90 Å². The minimum absolute atomic E-state index is 0.0279. The van der Waals surface area contributed by atoms with Crippen molar-refractivity contribution in [3.8, 4) is 0 Å². The molecular formula is C15H20N4OS. The molecule has 0 saturated carbocycles. The van der Waals surface area contributed by atoms with E-state index in [2.05, 4.69) is 15.2 Å². The van der Waals surface area contributed by atoms with Gasteiger partial charge in [0.25, 0.3) is 5.91 Å². The molecule has 21 heavy (non-hydrogen) atoms. The minimum atomic E-state index is -0.224. The summed E-state index contributed by atoms with van der Waals surface area (Å²) in [6.45, 7) is 4.49. The van der Waals surface area contributed by atoms with E-state index in [4.69, 9.17) is 12.2 Å². The van der Waals surface area contributed by atoms with Crippen molar-refractivity contribution in [2.75, 3.05) is 18.0 Å². The summed E-state index contributed by atoms with van der Waals surface area (Å²) in [6.07, 6.45) is 5.64. The van der Waals surface area contributed by atoms with E-state index >= 15 is 0 Å². The molecule has 2 saturated heterocycles. The number of carbonyl (C=O) groups excluding carboxylic acids is 1. The molecule has 112 valence electrons. The van der Waals surface area contributed by atoms with Crippen LogP contribution in [0.4, 0.5) is 5.82 Å². The van der Waals surface area contributed by atoms with Gasteiger partial charge in [0.2, 0.25) is 0 Å². The molecule has 1 N–H and O–H groups in total. The highest BCUT2D eigenvalue weighted by atomic mass is 32.1. The van der Waals surface area contributed by atoms with Crippen molar-refractivity contribution in [2.24, 2.45) is 0 Å². The molecule has 1 amide bonds. The SMILES string of the molecule is C[C@@H]1NC(=S)N(Cc2ccc(N3CCCCC3)nc2)C1=O. The second-order valence-corrected chi connectivity index (χ2v) is 6.05. The summed E-state index contributed by atoms with van der Waals surface area (Å²) in [5.74, 6) is 1.06. The lowest BCUT2D eigenvalue weighted by atomic mass is 10.1. The number of amides is 1. The van der Waals surface area contributed by atoms with Crippen LogP contribution in [0.5, 0.6) is 0 Å². The van der Waals surface area contributed by atoms with Gasteiger partial charge in [-0.25, -0.2) is 4.98 Å². The lowest BCUT2D eigenvalue weighted by Gasteiger charge is -2.27. The maximum atomic E-state index is 12.0. The van der Waals surface area contributed by atoms with E-state index in [1.807, 2.05) is 25.3 Å². The number of rotatable bonds is 3. The third-order valence-corrected chi connectivity index (χ3v) is 4.39. The van der Waals surface area contributed by atoms with Gasteiger partial charge in [0.05, 0.1) is 6.54 Å². The molecule has 0 spiro atoms. The normalized spacial score (nSPS) is 22.6. The Kier molecular flexibility index (Phi) is 4.05. The molecule has 0 aliphatic carbocycles. The van der Waals surface area contributed by atoms with Gasteiger partial charge in [-0.05, 0) is 50.0 Å². The van der Waals surface area contributed by atoms with Crippen LogP contribution in [-0.4, -0.2) is 40.0 Å². The number of nitrogens with one attached hydrogen (secondary N) is 1. The summed E-state index contributed by atoms with van der Waals surface area (Å²) in [6, 6.07) is 3.86. The monoisotopic (exact) mass is 304 g/mol. The van der Waals surface area contributed by atoms with Gasteiger partial charge < -0.3 is 10.2 Å². The van der Waals surface area contributed by atoms with Gasteiger partial charge in [0, 0.05) is 19.3 Å². The number of nitrogens with zero attached hydrogens (tertiary/aromatic N) is 3. The van der Waals surface area contributed by atoms with Gasteiger partial charge >= 0.3 is 0 Å². The summed E-state index contributed by atoms with van der Waals surface area (Å²) in [5.41, 5.74) is 1.00. The second kappa shape index (κ2) is 5.97. The van der Waals surface area contributed by atoms with Crippen molar-refractivity contribution in [2.45, 2.75) is 38.8 Å². The summed E-state index contributed by atoms with van der Waals surface area (Å²) in [5, 5.41) is 3.49. The highest BCUT2D eigenvalue weighted by Gasteiger charge is 2.31. The zero-order valence-electron chi connectivity index (χ0n) is 12.2. The molecule has 1 aromatic heterocycles. The van der Waals surface area contributed by atoms with Crippen molar-refractivity contribution in [1.29, 1.82) is 0 Å². The highest BCUT2D eigenvalue weighted by Crippen LogP contribution is 2.18. The van der Waals surface area contributed by atoms with Crippen LogP contribution in [0.2, 0.25) is 0 Å². The van der Waals surface area contributed by atoms with E-state index in [0.717, 1.165) is 24.5 Å². The average Bonchev–Trinajstić information content (AvgIpc) is 2.75. The molecule has 1 atom stereocenters. The van der Waals surface area contributed by atoms with Crippen molar-refractivity contribution >= 4 is 29.1 Å². The van der Waals surface area contributed by atoms with Crippen molar-refractivity contribution in [3.63, 3.8) is 0 Å². The van der Waals surface area contributed by atoms with Gasteiger partial charge in [-0.3, -0.25) is 9.69 Å². The molecule has 0 radical (unpaired) electrons. The van der Waals surface area contributed by atoms with Crippen LogP contribution in [0.1, 0.15) is 31.7 Å². The Balaban J connectivity index is 1.67. The Morgan fingerprint density at radius 2 is 2.10 bits per heavy atom. The predicted molar refractivity (Wildman–Crippen MR) is 86.0 cm³/mol. The lowest BCUT2D eigenvalue weighted by Crippen LogP contribution is -2.31. The van der Waals surface area contributed by atoms with Crippen molar-refractivity contribution < 1.29 is 4.79 Å². The number of anilines is 1. The Bertz CT molecular complexity index is 539. The summed E-state index contributed by atoms with van der Waals surface area (Å²) in [7, 11) is 0. The smallest absolute Gasteiger partial charge is 0.251 e. The van der Waals surface area contributed by atoms with Crippen LogP contribution in [0.15, 0.2) is 18.3 Å². The maximum absolute atomic E-state index is 12.0. The molecule has 3 rings (SSSR count). The third kappa shape index (κ3) is 3.00. The molecule has 2 fully saturated rings. The largest absolute Gasteiger partial charge is 0.357 e. The maximum Gasteiger partial charge on any atom is 0.251 e. The number of pyridine rings is 1. The predicted octanol–water partition coefficient (Wildman–Crippen LogP) is 1.68. The minimum Gasteiger partial charge on any atom is -0.357 e. The van der Waals surface area contributed by atoms with Crippen molar-refractivity contribution in [3.05, 3.63) is 23.9 Å². The van der Waals surface area contributed by atoms with Crippen LogP contribution in [0.25, 0.3) is 0 Å². The Hall–Kier alpha value is -1.69. The topological polar surface area (TPSA) is 48.5 Å². The number of carbonyl (C=O) groups is 1. The molecule has 0 unspecified atom stereocenters. The molecule has 2 aliphatic rings. The van der Waals surface area contributed by atoms with Crippen LogP contribution >= 0.6 is 12.2 Å². The second-order valence-electron chi connectivity index (χ2n) is 5.67. The first-order valence-electron chi connectivity index (χ1n) is 7.47. The van der Waals surface area contributed by atoms with Gasteiger partial charge in [-0.15, -0.1) is 0 Å². The molecule has 0 bridgehead atoms. The Morgan fingerprint density at radius 3 is 2.67 bits per heavy atom. The average molecular weight is 304 g/mol. The Morgan fingerprint density at radius 1 is 1.33 bits per heavy atom. The van der Waals surface area contributed by atoms with Gasteiger partial charge in [0.1, 0.15) is 11.9 Å². The first kappa shape index (κ1) is 14.3. The van der Waals surface area contributed by atoms with E-state index in [0.29, 0.717) is 11.7 Å². The Labute approximate surface area is 130 Å². The number of hydrogen-bond donors (Lipinski definition) is 1. The molecule has 6 heteroatoms. The van der Waals surface area contributed by atoms with E-state index in [9.17, 15) is 4.79 Å². The number of piperidine rings is 1. The van der Waals surface area contributed by atoms with E-state index < -0.39 is 0 Å². The van der Waals surface area contributed by atoms with Gasteiger partial charge in [-0.1, -0.05) is 6.07 Å². The molecule has 3 heterocycles. The van der Waals surface area contributed by atoms with Crippen molar-refractivity contribution in [1.82, 2.24) is 15.2 Å². The standard InChI is InChI=1S/C15H20N4OS/c1-11-14(20)19(15(21)17-11)10-12-5-6-13(16-9-12)18-7-3-2-4-8-18/h5-6,9,11H,2-4,7-8,10H2,1H3,(H,17,21)/t11-/m0/s1. The number of hydrogen-bond acceptors (Lipinski definition) is 4. The lowest BCUT2D eigenvalue weighted by molar-refractivity contribution is -0.127. The fourth-order valence-electron chi connectivity index (χ4n) is 2.81. The van der Waals surface area contributed by atoms with Crippen LogP contribution in [-0.2, 0) is 11.3 Å². The van der Waals surface area contributed by atoms with Crippen LogP contribution in [0, 0.1) is 0 Å². The first-order chi connectivity index (χ1) is 10.1. The zero-order valence-corrected chi connectivity index (χ0v) is 13.0. The third-order valence-electron chi connectivity index (χ3n) is 4.05. The van der Waals surface area contributed by atoms with Crippen LogP contribution in [0.3, 0.4) is 0 Å². The van der Waals surface area contributed by atoms with Crippen LogP contribution < -0.4 is 10.2 Å². The molecule has 2 aliphatic heterocycles. The highest BCUT2D eigenvalue weighted by molar-refractivity contribution is 7.80. The van der Waals surface area contributed by atoms with E-state index in [1.165, 1.54) is 19.3 Å². The molecule has 0 aromatic carbocycles. The number of aromatic nitrogens is 1. The fraction of sp³-hybridized carbons (Fsp3) is 0.533. The van der Waals surface area contributed by atoms with Gasteiger partial charge in [-0.2, -0.15) is 0 Å². The quantitative estimate of drug-likeness (QED) is 0.861. The zero-order chi connectivity index (χ0) is 14.8. The molecule has 5 nitrogen and oxygen atoms in total. The fourth-order valence-corrected chi connectivity index (χ4v) is 3.14. The summed E-state index contributed by atoms with van der Waals surface area (Å²) < 4.78 is 0. The summed E-state index contributed by atoms with van der Waals surface area (Å²) >= 11 is 5.19. The summed E-state index contributed by atoms with van der Waals surface area (Å²) in [4.78, 5) is 20.5.